The third kappa shape index (κ3) is 2.61. The Kier molecular flexibility index (Phi) is 3.70. The lowest BCUT2D eigenvalue weighted by Crippen LogP contribution is -2.11. The van der Waals surface area contributed by atoms with Gasteiger partial charge in [0, 0.05) is 34.9 Å². The second-order valence-corrected chi connectivity index (χ2v) is 4.80. The molecule has 5 heteroatoms. The van der Waals surface area contributed by atoms with Gasteiger partial charge in [-0.1, -0.05) is 6.07 Å². The molecule has 112 valence electrons. The molecule has 2 N–H and O–H groups in total. The Morgan fingerprint density at radius 3 is 2.59 bits per heavy atom. The van der Waals surface area contributed by atoms with Crippen LogP contribution in [0.1, 0.15) is 10.4 Å². The first-order chi connectivity index (χ1) is 10.7. The highest BCUT2D eigenvalue weighted by atomic mass is 16.5. The van der Waals surface area contributed by atoms with Gasteiger partial charge in [0.15, 0.2) is 0 Å². The molecule has 0 bridgehead atoms. The van der Waals surface area contributed by atoms with Crippen molar-refractivity contribution < 1.29 is 14.3 Å². The highest BCUT2D eigenvalue weighted by molar-refractivity contribution is 6.12. The second kappa shape index (κ2) is 5.81. The number of fused-ring (bicyclic) bond motifs is 1. The van der Waals surface area contributed by atoms with Crippen LogP contribution in [0.5, 0.6) is 11.5 Å². The van der Waals surface area contributed by atoms with Gasteiger partial charge in [-0.05, 0) is 24.3 Å². The van der Waals surface area contributed by atoms with Gasteiger partial charge < -0.3 is 19.8 Å². The molecule has 0 saturated carbocycles. The van der Waals surface area contributed by atoms with Crippen molar-refractivity contribution in [2.24, 2.45) is 0 Å². The van der Waals surface area contributed by atoms with E-state index in [9.17, 15) is 4.79 Å². The molecule has 5 nitrogen and oxygen atoms in total. The average Bonchev–Trinajstić information content (AvgIpc) is 2.98. The molecule has 1 aromatic heterocycles. The zero-order chi connectivity index (χ0) is 15.5. The molecule has 0 fully saturated rings. The smallest absolute Gasteiger partial charge is 0.257 e. The van der Waals surface area contributed by atoms with Crippen LogP contribution in [-0.4, -0.2) is 25.1 Å². The van der Waals surface area contributed by atoms with Crippen LogP contribution in [0.2, 0.25) is 0 Å². The van der Waals surface area contributed by atoms with E-state index >= 15 is 0 Å². The number of hydrogen-bond acceptors (Lipinski definition) is 3. The molecule has 0 unspecified atom stereocenters. The summed E-state index contributed by atoms with van der Waals surface area (Å²) in [6.07, 6.45) is 1.69. The Bertz CT molecular complexity index is 824. The van der Waals surface area contributed by atoms with Crippen LogP contribution in [0.15, 0.2) is 48.7 Å². The quantitative estimate of drug-likeness (QED) is 0.775. The molecular formula is C17H16N2O3. The van der Waals surface area contributed by atoms with Gasteiger partial charge in [-0.15, -0.1) is 0 Å². The largest absolute Gasteiger partial charge is 0.497 e. The summed E-state index contributed by atoms with van der Waals surface area (Å²) in [7, 11) is 3.20. The van der Waals surface area contributed by atoms with E-state index in [2.05, 4.69) is 10.3 Å². The number of nitrogens with one attached hydrogen (secondary N) is 2. The first-order valence-corrected chi connectivity index (χ1v) is 6.82. The highest BCUT2D eigenvalue weighted by Crippen LogP contribution is 2.24. The number of carbonyl (C=O) groups is 1. The molecule has 0 saturated heterocycles. The second-order valence-electron chi connectivity index (χ2n) is 4.80. The number of rotatable bonds is 4. The van der Waals surface area contributed by atoms with E-state index in [1.807, 2.05) is 36.4 Å². The first-order valence-electron chi connectivity index (χ1n) is 6.82. The van der Waals surface area contributed by atoms with Crippen LogP contribution < -0.4 is 14.8 Å². The maximum absolute atomic E-state index is 12.4. The average molecular weight is 296 g/mol. The zero-order valence-electron chi connectivity index (χ0n) is 12.3. The van der Waals surface area contributed by atoms with Crippen molar-refractivity contribution in [1.82, 2.24) is 4.98 Å². The molecule has 3 rings (SSSR count). The number of ether oxygens (including phenoxy) is 2. The Hall–Kier alpha value is -2.95. The molecule has 0 aliphatic heterocycles. The van der Waals surface area contributed by atoms with Crippen molar-refractivity contribution >= 4 is 22.5 Å². The summed E-state index contributed by atoms with van der Waals surface area (Å²) in [5.41, 5.74) is 2.13. The van der Waals surface area contributed by atoms with Gasteiger partial charge in [0.1, 0.15) is 11.5 Å². The third-order valence-corrected chi connectivity index (χ3v) is 3.46. The van der Waals surface area contributed by atoms with Crippen LogP contribution in [0.25, 0.3) is 10.9 Å². The predicted molar refractivity (Wildman–Crippen MR) is 85.8 cm³/mol. The van der Waals surface area contributed by atoms with Crippen LogP contribution in [0.3, 0.4) is 0 Å². The molecule has 2 aromatic carbocycles. The van der Waals surface area contributed by atoms with Gasteiger partial charge >= 0.3 is 0 Å². The number of aromatic amines is 1. The van der Waals surface area contributed by atoms with Crippen molar-refractivity contribution in [1.29, 1.82) is 0 Å². The van der Waals surface area contributed by atoms with Gasteiger partial charge in [0.25, 0.3) is 5.91 Å². The number of carbonyl (C=O) groups excluding carboxylic acids is 1. The van der Waals surface area contributed by atoms with E-state index in [0.717, 1.165) is 16.7 Å². The van der Waals surface area contributed by atoms with Gasteiger partial charge in [0.2, 0.25) is 0 Å². The minimum Gasteiger partial charge on any atom is -0.497 e. The SMILES string of the molecule is COc1cccc(NC(=O)c2c[nH]c3cc(OC)ccc23)c1. The molecule has 0 aliphatic carbocycles. The number of benzene rings is 2. The molecule has 1 amide bonds. The molecule has 1 heterocycles. The van der Waals surface area contributed by atoms with Crippen molar-refractivity contribution in [3.63, 3.8) is 0 Å². The lowest BCUT2D eigenvalue weighted by molar-refractivity contribution is 0.102. The third-order valence-electron chi connectivity index (χ3n) is 3.46. The molecule has 0 radical (unpaired) electrons. The van der Waals surface area contributed by atoms with Crippen molar-refractivity contribution in [2.75, 3.05) is 19.5 Å². The fourth-order valence-electron chi connectivity index (χ4n) is 2.32. The zero-order valence-corrected chi connectivity index (χ0v) is 12.3. The van der Waals surface area contributed by atoms with Crippen molar-refractivity contribution in [2.45, 2.75) is 0 Å². The Morgan fingerprint density at radius 1 is 1.05 bits per heavy atom. The van der Waals surface area contributed by atoms with E-state index in [0.29, 0.717) is 17.0 Å². The summed E-state index contributed by atoms with van der Waals surface area (Å²) in [4.78, 5) is 15.5. The van der Waals surface area contributed by atoms with E-state index in [4.69, 9.17) is 9.47 Å². The summed E-state index contributed by atoms with van der Waals surface area (Å²) in [6, 6.07) is 12.8. The molecule has 0 spiro atoms. The molecular weight excluding hydrogens is 280 g/mol. The number of anilines is 1. The van der Waals surface area contributed by atoms with Gasteiger partial charge in [-0.3, -0.25) is 4.79 Å². The first kappa shape index (κ1) is 14.0. The lowest BCUT2D eigenvalue weighted by Gasteiger charge is -2.06. The maximum Gasteiger partial charge on any atom is 0.257 e. The summed E-state index contributed by atoms with van der Waals surface area (Å²) < 4.78 is 10.3. The lowest BCUT2D eigenvalue weighted by atomic mass is 10.1. The van der Waals surface area contributed by atoms with E-state index in [-0.39, 0.29) is 5.91 Å². The van der Waals surface area contributed by atoms with Crippen LogP contribution in [-0.2, 0) is 0 Å². The van der Waals surface area contributed by atoms with Crippen LogP contribution in [0, 0.1) is 0 Å². The number of hydrogen-bond donors (Lipinski definition) is 2. The summed E-state index contributed by atoms with van der Waals surface area (Å²) >= 11 is 0. The van der Waals surface area contributed by atoms with E-state index < -0.39 is 0 Å². The summed E-state index contributed by atoms with van der Waals surface area (Å²) in [5.74, 6) is 1.26. The number of amides is 1. The van der Waals surface area contributed by atoms with Gasteiger partial charge in [-0.2, -0.15) is 0 Å². The minimum absolute atomic E-state index is 0.176. The van der Waals surface area contributed by atoms with Gasteiger partial charge in [0.05, 0.1) is 19.8 Å². The van der Waals surface area contributed by atoms with Crippen molar-refractivity contribution in [3.8, 4) is 11.5 Å². The summed E-state index contributed by atoms with van der Waals surface area (Å²) in [6.45, 7) is 0. The standard InChI is InChI=1S/C17H16N2O3/c1-21-12-5-3-4-11(8-12)19-17(20)15-10-18-16-9-13(22-2)6-7-14(15)16/h3-10,18H,1-2H3,(H,19,20). The normalized spacial score (nSPS) is 10.5. The fraction of sp³-hybridized carbons (Fsp3) is 0.118. The monoisotopic (exact) mass is 296 g/mol. The predicted octanol–water partition coefficient (Wildman–Crippen LogP) is 3.44. The molecule has 3 aromatic rings. The highest BCUT2D eigenvalue weighted by Gasteiger charge is 2.13. The maximum atomic E-state index is 12.4. The number of aromatic nitrogens is 1. The Labute approximate surface area is 127 Å². The number of methoxy groups -OCH3 is 2. The van der Waals surface area contributed by atoms with Crippen molar-refractivity contribution in [3.05, 3.63) is 54.2 Å². The Balaban J connectivity index is 1.88. The molecule has 0 atom stereocenters. The van der Waals surface area contributed by atoms with E-state index in [1.165, 1.54) is 0 Å². The van der Waals surface area contributed by atoms with Gasteiger partial charge in [-0.25, -0.2) is 0 Å². The summed E-state index contributed by atoms with van der Waals surface area (Å²) in [5, 5.41) is 3.72. The Morgan fingerprint density at radius 2 is 1.82 bits per heavy atom. The number of H-pyrrole nitrogens is 1. The van der Waals surface area contributed by atoms with Crippen LogP contribution >= 0.6 is 0 Å². The van der Waals surface area contributed by atoms with E-state index in [1.54, 1.807) is 26.5 Å². The fourth-order valence-corrected chi connectivity index (χ4v) is 2.32. The van der Waals surface area contributed by atoms with Crippen LogP contribution in [0.4, 0.5) is 5.69 Å². The molecule has 22 heavy (non-hydrogen) atoms. The topological polar surface area (TPSA) is 63.3 Å². The minimum atomic E-state index is -0.176. The molecule has 0 aliphatic rings.